The molecule has 0 fully saturated rings. The van der Waals surface area contributed by atoms with E-state index in [4.69, 9.17) is 0 Å². The largest absolute Gasteiger partial charge is 0.340 e. The molecular weight excluding hydrogens is 289 g/mol. The van der Waals surface area contributed by atoms with Crippen molar-refractivity contribution in [3.8, 4) is 0 Å². The zero-order valence-electron chi connectivity index (χ0n) is 11.9. The van der Waals surface area contributed by atoms with Crippen molar-refractivity contribution in [1.82, 2.24) is 9.55 Å². The molecule has 0 aliphatic carbocycles. The molecular formula is C15H14FN3OS. The SMILES string of the molecule is Cc1nc(NC(=O)c2cc3cc(F)ccc3n2C)sc1C. The number of rotatable bonds is 2. The van der Waals surface area contributed by atoms with Crippen molar-refractivity contribution in [3.05, 3.63) is 46.3 Å². The van der Waals surface area contributed by atoms with Crippen LogP contribution in [0.1, 0.15) is 21.1 Å². The lowest BCUT2D eigenvalue weighted by molar-refractivity contribution is 0.101. The number of anilines is 1. The maximum atomic E-state index is 13.3. The Morgan fingerprint density at radius 2 is 2.10 bits per heavy atom. The van der Waals surface area contributed by atoms with Crippen LogP contribution in [0, 0.1) is 19.7 Å². The summed E-state index contributed by atoms with van der Waals surface area (Å²) in [4.78, 5) is 17.7. The quantitative estimate of drug-likeness (QED) is 0.785. The zero-order chi connectivity index (χ0) is 15.1. The van der Waals surface area contributed by atoms with Gasteiger partial charge in [-0.15, -0.1) is 11.3 Å². The first-order valence-corrected chi connectivity index (χ1v) is 7.27. The molecule has 3 rings (SSSR count). The fourth-order valence-corrected chi connectivity index (χ4v) is 3.04. The van der Waals surface area contributed by atoms with Gasteiger partial charge in [0.15, 0.2) is 5.13 Å². The van der Waals surface area contributed by atoms with E-state index < -0.39 is 0 Å². The maximum absolute atomic E-state index is 13.3. The van der Waals surface area contributed by atoms with Gasteiger partial charge in [0.25, 0.3) is 5.91 Å². The molecule has 21 heavy (non-hydrogen) atoms. The van der Waals surface area contributed by atoms with Crippen LogP contribution in [0.3, 0.4) is 0 Å². The van der Waals surface area contributed by atoms with Gasteiger partial charge in [-0.1, -0.05) is 0 Å². The minimum atomic E-state index is -0.314. The van der Waals surface area contributed by atoms with Crippen molar-refractivity contribution < 1.29 is 9.18 Å². The Kier molecular flexibility index (Phi) is 3.25. The Hall–Kier alpha value is -2.21. The molecule has 2 heterocycles. The highest BCUT2D eigenvalue weighted by atomic mass is 32.1. The molecule has 0 aliphatic rings. The first-order valence-electron chi connectivity index (χ1n) is 6.46. The Labute approximate surface area is 125 Å². The van der Waals surface area contributed by atoms with Gasteiger partial charge in [-0.05, 0) is 38.1 Å². The van der Waals surface area contributed by atoms with E-state index in [9.17, 15) is 9.18 Å². The van der Waals surface area contributed by atoms with Crippen molar-refractivity contribution in [2.45, 2.75) is 13.8 Å². The second kappa shape index (κ2) is 4.96. The van der Waals surface area contributed by atoms with E-state index in [0.717, 1.165) is 16.1 Å². The van der Waals surface area contributed by atoms with Crippen LogP contribution in [-0.4, -0.2) is 15.5 Å². The van der Waals surface area contributed by atoms with Crippen LogP contribution in [0.25, 0.3) is 10.9 Å². The van der Waals surface area contributed by atoms with Crippen molar-refractivity contribution in [2.24, 2.45) is 7.05 Å². The molecule has 1 aromatic carbocycles. The van der Waals surface area contributed by atoms with Crippen LogP contribution >= 0.6 is 11.3 Å². The molecule has 1 N–H and O–H groups in total. The summed E-state index contributed by atoms with van der Waals surface area (Å²) in [6.07, 6.45) is 0. The number of nitrogens with one attached hydrogen (secondary N) is 1. The topological polar surface area (TPSA) is 46.9 Å². The molecule has 4 nitrogen and oxygen atoms in total. The predicted molar refractivity (Wildman–Crippen MR) is 82.4 cm³/mol. The van der Waals surface area contributed by atoms with Crippen molar-refractivity contribution >= 4 is 33.3 Å². The summed E-state index contributed by atoms with van der Waals surface area (Å²) < 4.78 is 15.0. The molecule has 0 atom stereocenters. The number of halogens is 1. The first kappa shape index (κ1) is 13.8. The third kappa shape index (κ3) is 2.42. The fourth-order valence-electron chi connectivity index (χ4n) is 2.23. The average molecular weight is 303 g/mol. The number of nitrogens with zero attached hydrogens (tertiary/aromatic N) is 2. The van der Waals surface area contributed by atoms with E-state index in [1.54, 1.807) is 23.7 Å². The minimum absolute atomic E-state index is 0.247. The van der Waals surface area contributed by atoms with Crippen molar-refractivity contribution in [2.75, 3.05) is 5.32 Å². The highest BCUT2D eigenvalue weighted by Crippen LogP contribution is 2.24. The summed E-state index contributed by atoms with van der Waals surface area (Å²) in [6.45, 7) is 3.86. The van der Waals surface area contributed by atoms with Gasteiger partial charge in [0, 0.05) is 22.8 Å². The Morgan fingerprint density at radius 3 is 2.76 bits per heavy atom. The third-order valence-electron chi connectivity index (χ3n) is 3.49. The summed E-state index contributed by atoms with van der Waals surface area (Å²) in [5, 5.41) is 4.07. The Bertz CT molecular complexity index is 831. The predicted octanol–water partition coefficient (Wildman–Crippen LogP) is 3.64. The van der Waals surface area contributed by atoms with Gasteiger partial charge in [-0.25, -0.2) is 9.37 Å². The van der Waals surface area contributed by atoms with Gasteiger partial charge in [-0.2, -0.15) is 0 Å². The lowest BCUT2D eigenvalue weighted by atomic mass is 10.2. The molecule has 0 radical (unpaired) electrons. The highest BCUT2D eigenvalue weighted by molar-refractivity contribution is 7.15. The summed E-state index contributed by atoms with van der Waals surface area (Å²) in [7, 11) is 1.79. The molecule has 0 aliphatic heterocycles. The monoisotopic (exact) mass is 303 g/mol. The number of hydrogen-bond donors (Lipinski definition) is 1. The van der Waals surface area contributed by atoms with E-state index in [0.29, 0.717) is 16.2 Å². The summed E-state index contributed by atoms with van der Waals surface area (Å²) in [5.41, 5.74) is 2.20. The van der Waals surface area contributed by atoms with Crippen LogP contribution in [0.5, 0.6) is 0 Å². The maximum Gasteiger partial charge on any atom is 0.274 e. The highest BCUT2D eigenvalue weighted by Gasteiger charge is 2.15. The molecule has 108 valence electrons. The molecule has 2 aromatic heterocycles. The smallest absolute Gasteiger partial charge is 0.274 e. The number of thiazole rings is 1. The summed E-state index contributed by atoms with van der Waals surface area (Å²) in [5.74, 6) is -0.561. The van der Waals surface area contributed by atoms with Crippen LogP contribution in [0.15, 0.2) is 24.3 Å². The van der Waals surface area contributed by atoms with E-state index >= 15 is 0 Å². The Balaban J connectivity index is 1.96. The third-order valence-corrected chi connectivity index (χ3v) is 4.47. The van der Waals surface area contributed by atoms with Crippen LogP contribution < -0.4 is 5.32 Å². The average Bonchev–Trinajstić information content (AvgIpc) is 2.90. The van der Waals surface area contributed by atoms with E-state index in [1.165, 1.54) is 23.5 Å². The minimum Gasteiger partial charge on any atom is -0.340 e. The van der Waals surface area contributed by atoms with Crippen molar-refractivity contribution in [1.29, 1.82) is 0 Å². The van der Waals surface area contributed by atoms with Gasteiger partial charge in [-0.3, -0.25) is 10.1 Å². The molecule has 6 heteroatoms. The summed E-state index contributed by atoms with van der Waals surface area (Å²) >= 11 is 1.44. The van der Waals surface area contributed by atoms with Gasteiger partial charge in [0.2, 0.25) is 0 Å². The van der Waals surface area contributed by atoms with E-state index in [-0.39, 0.29) is 11.7 Å². The van der Waals surface area contributed by atoms with Gasteiger partial charge in [0.1, 0.15) is 11.5 Å². The second-order valence-corrected chi connectivity index (χ2v) is 6.11. The number of carbonyl (C=O) groups is 1. The lowest BCUT2D eigenvalue weighted by Gasteiger charge is -2.03. The lowest BCUT2D eigenvalue weighted by Crippen LogP contribution is -2.15. The molecule has 0 bridgehead atoms. The molecule has 0 spiro atoms. The van der Waals surface area contributed by atoms with Gasteiger partial charge < -0.3 is 4.57 Å². The summed E-state index contributed by atoms with van der Waals surface area (Å²) in [6, 6.07) is 6.15. The molecule has 0 saturated heterocycles. The number of benzene rings is 1. The second-order valence-electron chi connectivity index (χ2n) is 4.91. The molecule has 1 amide bonds. The number of amides is 1. The molecule has 0 saturated carbocycles. The molecule has 0 unspecified atom stereocenters. The number of fused-ring (bicyclic) bond motifs is 1. The van der Waals surface area contributed by atoms with Crippen LogP contribution in [-0.2, 0) is 7.05 Å². The van der Waals surface area contributed by atoms with E-state index in [2.05, 4.69) is 10.3 Å². The normalized spacial score (nSPS) is 11.0. The van der Waals surface area contributed by atoms with Crippen molar-refractivity contribution in [3.63, 3.8) is 0 Å². The fraction of sp³-hybridized carbons (Fsp3) is 0.200. The number of hydrogen-bond acceptors (Lipinski definition) is 3. The zero-order valence-corrected chi connectivity index (χ0v) is 12.7. The number of aromatic nitrogens is 2. The Morgan fingerprint density at radius 1 is 1.33 bits per heavy atom. The van der Waals surface area contributed by atoms with E-state index in [1.807, 2.05) is 13.8 Å². The van der Waals surface area contributed by atoms with Crippen LogP contribution in [0.4, 0.5) is 9.52 Å². The number of aryl methyl sites for hydroxylation is 3. The molecule has 3 aromatic rings. The van der Waals surface area contributed by atoms with Gasteiger partial charge in [0.05, 0.1) is 5.69 Å². The van der Waals surface area contributed by atoms with Crippen LogP contribution in [0.2, 0.25) is 0 Å². The standard InChI is InChI=1S/C15H14FN3OS/c1-8-9(2)21-15(17-8)18-14(20)13-7-10-6-11(16)4-5-12(10)19(13)3/h4-7H,1-3H3,(H,17,18,20). The first-order chi connectivity index (χ1) is 9.95. The van der Waals surface area contributed by atoms with Gasteiger partial charge >= 0.3 is 0 Å². The number of carbonyl (C=O) groups excluding carboxylic acids is 1.